The van der Waals surface area contributed by atoms with Gasteiger partial charge in [0.05, 0.1) is 6.61 Å². The van der Waals surface area contributed by atoms with Crippen LogP contribution in [0.5, 0.6) is 5.75 Å². The molecule has 2 rings (SSSR count). The Morgan fingerprint density at radius 3 is 1.88 bits per heavy atom. The number of hydrogen-bond acceptors (Lipinski definition) is 2. The van der Waals surface area contributed by atoms with Crippen molar-refractivity contribution in [2.45, 2.75) is 71.9 Å². The molecule has 0 amide bonds. The third kappa shape index (κ3) is 7.21. The van der Waals surface area contributed by atoms with Gasteiger partial charge in [0.15, 0.2) is 0 Å². The summed E-state index contributed by atoms with van der Waals surface area (Å²) in [7, 11) is 0. The first-order valence-corrected chi connectivity index (χ1v) is 10.0. The van der Waals surface area contributed by atoms with E-state index < -0.39 is 0 Å². The molecule has 0 radical (unpaired) electrons. The number of hydrogen-bond donors (Lipinski definition) is 1. The molecular weight excluding hydrogens is 318 g/mol. The van der Waals surface area contributed by atoms with Gasteiger partial charge in [0, 0.05) is 13.1 Å². The predicted octanol–water partition coefficient (Wildman–Crippen LogP) is 6.23. The van der Waals surface area contributed by atoms with E-state index in [1.165, 1.54) is 36.0 Å². The van der Waals surface area contributed by atoms with E-state index in [0.717, 1.165) is 31.9 Å². The fraction of sp³-hybridized carbons (Fsp3) is 0.500. The van der Waals surface area contributed by atoms with Crippen LogP contribution < -0.4 is 10.1 Å². The van der Waals surface area contributed by atoms with Gasteiger partial charge in [0.1, 0.15) is 5.75 Å². The van der Waals surface area contributed by atoms with E-state index in [2.05, 4.69) is 81.5 Å². The molecule has 26 heavy (non-hydrogen) atoms. The van der Waals surface area contributed by atoms with Crippen LogP contribution in [-0.4, -0.2) is 6.61 Å². The molecule has 0 bridgehead atoms. The van der Waals surface area contributed by atoms with E-state index in [1.54, 1.807) is 0 Å². The Balaban J connectivity index is 1.71. The minimum Gasteiger partial charge on any atom is -0.494 e. The number of rotatable bonds is 10. The molecule has 0 aliphatic rings. The molecule has 0 aliphatic heterocycles. The van der Waals surface area contributed by atoms with Crippen LogP contribution in [-0.2, 0) is 18.5 Å². The fourth-order valence-electron chi connectivity index (χ4n) is 2.90. The van der Waals surface area contributed by atoms with E-state index in [9.17, 15) is 0 Å². The van der Waals surface area contributed by atoms with Crippen LogP contribution in [0.1, 0.15) is 70.1 Å². The maximum absolute atomic E-state index is 5.80. The third-order valence-electron chi connectivity index (χ3n) is 4.67. The molecule has 0 saturated carbocycles. The van der Waals surface area contributed by atoms with Crippen molar-refractivity contribution < 1.29 is 4.74 Å². The van der Waals surface area contributed by atoms with Crippen LogP contribution in [0.3, 0.4) is 0 Å². The van der Waals surface area contributed by atoms with E-state index in [0.29, 0.717) is 0 Å². The van der Waals surface area contributed by atoms with Crippen molar-refractivity contribution in [1.82, 2.24) is 5.32 Å². The van der Waals surface area contributed by atoms with Crippen molar-refractivity contribution in [2.24, 2.45) is 0 Å². The zero-order valence-corrected chi connectivity index (χ0v) is 17.0. The molecule has 0 unspecified atom stereocenters. The Morgan fingerprint density at radius 1 is 0.769 bits per heavy atom. The average Bonchev–Trinajstić information content (AvgIpc) is 2.62. The first-order valence-electron chi connectivity index (χ1n) is 10.0. The molecule has 0 aromatic heterocycles. The van der Waals surface area contributed by atoms with Crippen molar-refractivity contribution in [2.75, 3.05) is 6.61 Å². The van der Waals surface area contributed by atoms with Gasteiger partial charge in [-0.05, 0) is 40.7 Å². The summed E-state index contributed by atoms with van der Waals surface area (Å²) >= 11 is 0. The summed E-state index contributed by atoms with van der Waals surface area (Å²) in [4.78, 5) is 0. The second kappa shape index (κ2) is 10.4. The Morgan fingerprint density at radius 2 is 1.35 bits per heavy atom. The number of ether oxygens (including phenoxy) is 1. The van der Waals surface area contributed by atoms with Gasteiger partial charge in [-0.1, -0.05) is 83.4 Å². The van der Waals surface area contributed by atoms with Gasteiger partial charge in [0.25, 0.3) is 0 Å². The standard InChI is InChI=1S/C24H35NO/c1-5-6-7-8-17-26-23-15-11-21(12-16-23)19-25-18-20-9-13-22(14-10-20)24(2,3)4/h9-16,25H,5-8,17-19H2,1-4H3. The summed E-state index contributed by atoms with van der Waals surface area (Å²) < 4.78 is 5.80. The van der Waals surface area contributed by atoms with E-state index in [-0.39, 0.29) is 5.41 Å². The minimum absolute atomic E-state index is 0.214. The molecule has 0 aliphatic carbocycles. The lowest BCUT2D eigenvalue weighted by molar-refractivity contribution is 0.305. The molecule has 0 spiro atoms. The summed E-state index contributed by atoms with van der Waals surface area (Å²) in [6.07, 6.45) is 4.97. The quantitative estimate of drug-likeness (QED) is 0.511. The van der Waals surface area contributed by atoms with Crippen molar-refractivity contribution in [3.05, 3.63) is 65.2 Å². The molecule has 2 aromatic carbocycles. The molecule has 142 valence electrons. The largest absolute Gasteiger partial charge is 0.494 e. The highest BCUT2D eigenvalue weighted by molar-refractivity contribution is 5.28. The highest BCUT2D eigenvalue weighted by Crippen LogP contribution is 2.22. The smallest absolute Gasteiger partial charge is 0.119 e. The summed E-state index contributed by atoms with van der Waals surface area (Å²) in [6.45, 7) is 11.6. The van der Waals surface area contributed by atoms with Crippen LogP contribution in [0.4, 0.5) is 0 Å². The highest BCUT2D eigenvalue weighted by Gasteiger charge is 2.12. The van der Waals surface area contributed by atoms with Crippen molar-refractivity contribution >= 4 is 0 Å². The van der Waals surface area contributed by atoms with Gasteiger partial charge >= 0.3 is 0 Å². The van der Waals surface area contributed by atoms with Gasteiger partial charge in [-0.3, -0.25) is 0 Å². The molecule has 2 aromatic rings. The molecule has 0 saturated heterocycles. The molecular formula is C24H35NO. The van der Waals surface area contributed by atoms with Gasteiger partial charge in [0.2, 0.25) is 0 Å². The lowest BCUT2D eigenvalue weighted by Gasteiger charge is -2.19. The van der Waals surface area contributed by atoms with Crippen molar-refractivity contribution in [3.8, 4) is 5.75 Å². The first kappa shape index (κ1) is 20.5. The summed E-state index contributed by atoms with van der Waals surface area (Å²) in [6, 6.07) is 17.4. The molecule has 2 nitrogen and oxygen atoms in total. The number of benzene rings is 2. The summed E-state index contributed by atoms with van der Waals surface area (Å²) in [5.41, 5.74) is 4.21. The molecule has 0 atom stereocenters. The number of nitrogens with one attached hydrogen (secondary N) is 1. The van der Waals surface area contributed by atoms with Gasteiger partial charge < -0.3 is 10.1 Å². The second-order valence-electron chi connectivity index (χ2n) is 8.10. The Kier molecular flexibility index (Phi) is 8.18. The minimum atomic E-state index is 0.214. The monoisotopic (exact) mass is 353 g/mol. The molecule has 1 N–H and O–H groups in total. The zero-order valence-electron chi connectivity index (χ0n) is 17.0. The van der Waals surface area contributed by atoms with Crippen LogP contribution >= 0.6 is 0 Å². The maximum atomic E-state index is 5.80. The van der Waals surface area contributed by atoms with Gasteiger partial charge in [-0.15, -0.1) is 0 Å². The van der Waals surface area contributed by atoms with Gasteiger partial charge in [-0.25, -0.2) is 0 Å². The highest BCUT2D eigenvalue weighted by atomic mass is 16.5. The lowest BCUT2D eigenvalue weighted by Crippen LogP contribution is -2.14. The Bertz CT molecular complexity index is 623. The molecule has 0 fully saturated rings. The molecule has 2 heteroatoms. The number of unbranched alkanes of at least 4 members (excludes halogenated alkanes) is 3. The van der Waals surface area contributed by atoms with Gasteiger partial charge in [-0.2, -0.15) is 0 Å². The van der Waals surface area contributed by atoms with Crippen molar-refractivity contribution in [3.63, 3.8) is 0 Å². The first-order chi connectivity index (χ1) is 12.5. The van der Waals surface area contributed by atoms with E-state index >= 15 is 0 Å². The van der Waals surface area contributed by atoms with Crippen molar-refractivity contribution in [1.29, 1.82) is 0 Å². The van der Waals surface area contributed by atoms with Crippen LogP contribution in [0.2, 0.25) is 0 Å². The zero-order chi connectivity index (χ0) is 18.8. The lowest BCUT2D eigenvalue weighted by atomic mass is 9.87. The topological polar surface area (TPSA) is 21.3 Å². The normalized spacial score (nSPS) is 11.5. The predicted molar refractivity (Wildman–Crippen MR) is 112 cm³/mol. The Labute approximate surface area is 160 Å². The fourth-order valence-corrected chi connectivity index (χ4v) is 2.90. The van der Waals surface area contributed by atoms with Crippen LogP contribution in [0, 0.1) is 0 Å². The summed E-state index contributed by atoms with van der Waals surface area (Å²) in [5.74, 6) is 0.975. The van der Waals surface area contributed by atoms with E-state index in [1.807, 2.05) is 0 Å². The molecule has 0 heterocycles. The Hall–Kier alpha value is -1.80. The van der Waals surface area contributed by atoms with Crippen LogP contribution in [0.25, 0.3) is 0 Å². The third-order valence-corrected chi connectivity index (χ3v) is 4.67. The summed E-state index contributed by atoms with van der Waals surface area (Å²) in [5, 5.41) is 3.52. The van der Waals surface area contributed by atoms with Crippen LogP contribution in [0.15, 0.2) is 48.5 Å². The van der Waals surface area contributed by atoms with E-state index in [4.69, 9.17) is 4.74 Å². The second-order valence-corrected chi connectivity index (χ2v) is 8.10. The maximum Gasteiger partial charge on any atom is 0.119 e. The average molecular weight is 354 g/mol. The SMILES string of the molecule is CCCCCCOc1ccc(CNCc2ccc(C(C)(C)C)cc2)cc1.